The van der Waals surface area contributed by atoms with Crippen LogP contribution in [0.5, 0.6) is 0 Å². The van der Waals surface area contributed by atoms with Crippen LogP contribution < -0.4 is 0 Å². The lowest BCUT2D eigenvalue weighted by Crippen LogP contribution is -1.95. The van der Waals surface area contributed by atoms with Gasteiger partial charge in [0.15, 0.2) is 0 Å². The van der Waals surface area contributed by atoms with Crippen LogP contribution >= 0.6 is 0 Å². The Morgan fingerprint density at radius 1 is 0.941 bits per heavy atom. The molecule has 1 aromatic heterocycles. The van der Waals surface area contributed by atoms with Crippen molar-refractivity contribution in [2.45, 2.75) is 0 Å². The molecule has 0 bridgehead atoms. The zero-order valence-corrected chi connectivity index (χ0v) is 9.38. The molecule has 0 fully saturated rings. The van der Waals surface area contributed by atoms with E-state index >= 15 is 0 Å². The molecule has 0 aliphatic heterocycles. The molecule has 2 nitrogen and oxygen atoms in total. The van der Waals surface area contributed by atoms with E-state index in [1.807, 2.05) is 47.3 Å². The van der Waals surface area contributed by atoms with E-state index < -0.39 is 0 Å². The van der Waals surface area contributed by atoms with Gasteiger partial charge in [-0.05, 0) is 17.7 Å². The zero-order chi connectivity index (χ0) is 11.7. The molecule has 0 spiro atoms. The van der Waals surface area contributed by atoms with Gasteiger partial charge in [0.1, 0.15) is 6.33 Å². The Bertz CT molecular complexity index is 665. The Morgan fingerprint density at radius 2 is 1.65 bits per heavy atom. The summed E-state index contributed by atoms with van der Waals surface area (Å²) in [7, 11) is 0. The molecule has 0 aliphatic carbocycles. The van der Waals surface area contributed by atoms with Crippen molar-refractivity contribution in [1.29, 1.82) is 0 Å². The smallest absolute Gasteiger partial charge is 0.100 e. The van der Waals surface area contributed by atoms with Crippen LogP contribution in [0.3, 0.4) is 0 Å². The van der Waals surface area contributed by atoms with Gasteiger partial charge in [-0.15, -0.1) is 0 Å². The van der Waals surface area contributed by atoms with E-state index in [-0.39, 0.29) is 0 Å². The third-order valence-corrected chi connectivity index (χ3v) is 2.85. The summed E-state index contributed by atoms with van der Waals surface area (Å²) >= 11 is 0. The van der Waals surface area contributed by atoms with Crippen molar-refractivity contribution in [3.63, 3.8) is 0 Å². The van der Waals surface area contributed by atoms with Crippen LogP contribution in [0.25, 0.3) is 16.7 Å². The van der Waals surface area contributed by atoms with Crippen molar-refractivity contribution in [1.82, 2.24) is 9.55 Å². The van der Waals surface area contributed by atoms with E-state index in [9.17, 15) is 0 Å². The van der Waals surface area contributed by atoms with Gasteiger partial charge in [-0.1, -0.05) is 49.0 Å². The summed E-state index contributed by atoms with van der Waals surface area (Å²) in [5.74, 6) is 0. The average Bonchev–Trinajstić information content (AvgIpc) is 2.83. The minimum atomic E-state index is 0.944. The Labute approximate surface area is 99.8 Å². The number of hydrogen-bond donors (Lipinski definition) is 0. The van der Waals surface area contributed by atoms with Gasteiger partial charge in [-0.3, -0.25) is 4.57 Å². The first-order valence-corrected chi connectivity index (χ1v) is 5.53. The number of hydrogen-bond acceptors (Lipinski definition) is 1. The normalized spacial score (nSPS) is 10.6. The highest BCUT2D eigenvalue weighted by Gasteiger charge is 2.05. The predicted octanol–water partition coefficient (Wildman–Crippen LogP) is 3.56. The molecule has 0 radical (unpaired) electrons. The van der Waals surface area contributed by atoms with E-state index in [1.54, 1.807) is 0 Å². The summed E-state index contributed by atoms with van der Waals surface area (Å²) in [5.41, 5.74) is 4.13. The number of rotatable bonds is 2. The van der Waals surface area contributed by atoms with E-state index in [4.69, 9.17) is 0 Å². The van der Waals surface area contributed by atoms with E-state index in [2.05, 4.69) is 29.8 Å². The van der Waals surface area contributed by atoms with E-state index in [0.717, 1.165) is 22.3 Å². The number of benzene rings is 2. The summed E-state index contributed by atoms with van der Waals surface area (Å²) in [6.07, 6.45) is 1.82. The third-order valence-electron chi connectivity index (χ3n) is 2.85. The van der Waals surface area contributed by atoms with Crippen molar-refractivity contribution in [2.75, 3.05) is 0 Å². The molecule has 3 rings (SSSR count). The maximum Gasteiger partial charge on any atom is 0.100 e. The zero-order valence-electron chi connectivity index (χ0n) is 9.38. The predicted molar refractivity (Wildman–Crippen MR) is 70.6 cm³/mol. The molecular formula is C15H12N2. The van der Waals surface area contributed by atoms with Gasteiger partial charge in [0.25, 0.3) is 0 Å². The van der Waals surface area contributed by atoms with Gasteiger partial charge in [-0.25, -0.2) is 4.98 Å². The molecule has 0 saturated carbocycles. The number of imidazole rings is 1. The van der Waals surface area contributed by atoms with Gasteiger partial charge in [0.2, 0.25) is 0 Å². The van der Waals surface area contributed by atoms with Crippen LogP contribution in [0.1, 0.15) is 5.56 Å². The molecule has 82 valence electrons. The Balaban J connectivity index is 2.14. The van der Waals surface area contributed by atoms with Crippen LogP contribution in [0.15, 0.2) is 67.5 Å². The lowest BCUT2D eigenvalue weighted by atomic mass is 10.2. The van der Waals surface area contributed by atoms with Crippen molar-refractivity contribution < 1.29 is 0 Å². The molecule has 1 heterocycles. The molecule has 2 heteroatoms. The first-order valence-electron chi connectivity index (χ1n) is 5.53. The van der Waals surface area contributed by atoms with E-state index in [0.29, 0.717) is 0 Å². The van der Waals surface area contributed by atoms with Crippen LogP contribution in [0.2, 0.25) is 0 Å². The summed E-state index contributed by atoms with van der Waals surface area (Å²) in [6.45, 7) is 4.14. The molecular weight excluding hydrogens is 208 g/mol. The number of aromatic nitrogens is 2. The average molecular weight is 220 g/mol. The maximum atomic E-state index is 4.37. The maximum absolute atomic E-state index is 4.37. The highest BCUT2D eigenvalue weighted by atomic mass is 15.1. The fourth-order valence-electron chi connectivity index (χ4n) is 1.94. The number of para-hydroxylation sites is 2. The number of fused-ring (bicyclic) bond motifs is 1. The first-order chi connectivity index (χ1) is 8.36. The van der Waals surface area contributed by atoms with Gasteiger partial charge >= 0.3 is 0 Å². The Hall–Kier alpha value is -2.35. The minimum Gasteiger partial charge on any atom is -0.299 e. The Morgan fingerprint density at radius 3 is 2.47 bits per heavy atom. The highest BCUT2D eigenvalue weighted by molar-refractivity contribution is 5.81. The van der Waals surface area contributed by atoms with Gasteiger partial charge in [-0.2, -0.15) is 0 Å². The minimum absolute atomic E-state index is 0.944. The second kappa shape index (κ2) is 3.91. The van der Waals surface area contributed by atoms with Crippen molar-refractivity contribution in [2.24, 2.45) is 0 Å². The van der Waals surface area contributed by atoms with Gasteiger partial charge in [0.05, 0.1) is 11.0 Å². The van der Waals surface area contributed by atoms with Crippen LogP contribution in [0, 0.1) is 0 Å². The SMILES string of the molecule is C=C(c1ccccc1)n1cnc2ccccc21. The van der Waals surface area contributed by atoms with Crippen LogP contribution in [-0.2, 0) is 0 Å². The molecule has 17 heavy (non-hydrogen) atoms. The summed E-state index contributed by atoms with van der Waals surface area (Å²) in [6, 6.07) is 18.2. The van der Waals surface area contributed by atoms with Crippen LogP contribution in [-0.4, -0.2) is 9.55 Å². The largest absolute Gasteiger partial charge is 0.299 e. The van der Waals surface area contributed by atoms with Gasteiger partial charge < -0.3 is 0 Å². The molecule has 3 aromatic rings. The summed E-state index contributed by atoms with van der Waals surface area (Å²) < 4.78 is 2.02. The second-order valence-electron chi connectivity index (χ2n) is 3.92. The molecule has 0 N–H and O–H groups in total. The van der Waals surface area contributed by atoms with Crippen molar-refractivity contribution >= 4 is 16.7 Å². The van der Waals surface area contributed by atoms with E-state index in [1.165, 1.54) is 0 Å². The quantitative estimate of drug-likeness (QED) is 0.645. The molecule has 0 saturated heterocycles. The lowest BCUT2D eigenvalue weighted by Gasteiger charge is -2.07. The monoisotopic (exact) mass is 220 g/mol. The lowest BCUT2D eigenvalue weighted by molar-refractivity contribution is 1.13. The first kappa shape index (κ1) is 9.85. The molecule has 0 unspecified atom stereocenters. The van der Waals surface area contributed by atoms with Crippen LogP contribution in [0.4, 0.5) is 0 Å². The molecule has 0 amide bonds. The number of nitrogens with zero attached hydrogens (tertiary/aromatic N) is 2. The molecule has 0 atom stereocenters. The topological polar surface area (TPSA) is 17.8 Å². The summed E-state index contributed by atoms with van der Waals surface area (Å²) in [5, 5.41) is 0. The molecule has 0 aliphatic rings. The fraction of sp³-hybridized carbons (Fsp3) is 0. The fourth-order valence-corrected chi connectivity index (χ4v) is 1.94. The third kappa shape index (κ3) is 1.64. The van der Waals surface area contributed by atoms with Gasteiger partial charge in [0, 0.05) is 5.70 Å². The highest BCUT2D eigenvalue weighted by Crippen LogP contribution is 2.20. The molecule has 2 aromatic carbocycles. The Kier molecular flexibility index (Phi) is 2.26. The van der Waals surface area contributed by atoms with Crippen molar-refractivity contribution in [3.05, 3.63) is 73.1 Å². The second-order valence-corrected chi connectivity index (χ2v) is 3.92. The standard InChI is InChI=1S/C15H12N2/c1-12(13-7-3-2-4-8-13)17-11-16-14-9-5-6-10-15(14)17/h2-11H,1H2. The summed E-state index contributed by atoms with van der Waals surface area (Å²) in [4.78, 5) is 4.37. The van der Waals surface area contributed by atoms with Crippen molar-refractivity contribution in [3.8, 4) is 0 Å².